The van der Waals surface area contributed by atoms with E-state index in [1.807, 2.05) is 4.72 Å². The van der Waals surface area contributed by atoms with Crippen LogP contribution in [0.15, 0.2) is 41.3 Å². The van der Waals surface area contributed by atoms with Crippen LogP contribution in [-0.2, 0) is 16.6 Å². The summed E-state index contributed by atoms with van der Waals surface area (Å²) in [5.74, 6) is -1.73. The molecule has 0 aliphatic rings. The smallest absolute Gasteiger partial charge is 0.264 e. The van der Waals surface area contributed by atoms with Crippen LogP contribution in [0.2, 0.25) is 0 Å². The molecule has 0 saturated heterocycles. The predicted octanol–water partition coefficient (Wildman–Crippen LogP) is 2.57. The van der Waals surface area contributed by atoms with E-state index in [-0.39, 0.29) is 11.3 Å². The zero-order valence-corrected chi connectivity index (χ0v) is 11.9. The molecule has 0 unspecified atom stereocenters. The van der Waals surface area contributed by atoms with Crippen molar-refractivity contribution in [2.24, 2.45) is 0 Å². The molecule has 0 heterocycles. The van der Waals surface area contributed by atoms with Crippen LogP contribution >= 0.6 is 0 Å². The highest BCUT2D eigenvalue weighted by atomic mass is 32.2. The van der Waals surface area contributed by atoms with Gasteiger partial charge in [0.25, 0.3) is 10.0 Å². The standard InChI is InChI=1S/C14H13F2NO3S/c1-9-2-5-13(12(16)6-9)17-21(19,20)14-7-10(8-18)3-4-11(14)15/h2-7,17-18H,8H2,1H3. The van der Waals surface area contributed by atoms with Crippen molar-refractivity contribution in [1.29, 1.82) is 0 Å². The van der Waals surface area contributed by atoms with Gasteiger partial charge in [0.05, 0.1) is 12.3 Å². The van der Waals surface area contributed by atoms with Gasteiger partial charge in [0.15, 0.2) is 0 Å². The van der Waals surface area contributed by atoms with Gasteiger partial charge < -0.3 is 5.11 Å². The van der Waals surface area contributed by atoms with Gasteiger partial charge >= 0.3 is 0 Å². The topological polar surface area (TPSA) is 66.4 Å². The zero-order chi connectivity index (χ0) is 15.6. The van der Waals surface area contributed by atoms with Gasteiger partial charge in [-0.25, -0.2) is 17.2 Å². The van der Waals surface area contributed by atoms with Crippen molar-refractivity contribution in [2.75, 3.05) is 4.72 Å². The summed E-state index contributed by atoms with van der Waals surface area (Å²) >= 11 is 0. The van der Waals surface area contributed by atoms with Crippen LogP contribution in [0, 0.1) is 18.6 Å². The molecule has 0 radical (unpaired) electrons. The van der Waals surface area contributed by atoms with Crippen LogP contribution in [-0.4, -0.2) is 13.5 Å². The molecule has 0 saturated carbocycles. The summed E-state index contributed by atoms with van der Waals surface area (Å²) < 4.78 is 53.6. The normalized spacial score (nSPS) is 11.4. The van der Waals surface area contributed by atoms with Gasteiger partial charge in [0.2, 0.25) is 0 Å². The lowest BCUT2D eigenvalue weighted by atomic mass is 10.2. The number of nitrogens with one attached hydrogen (secondary N) is 1. The largest absolute Gasteiger partial charge is 0.392 e. The summed E-state index contributed by atoms with van der Waals surface area (Å²) in [6, 6.07) is 7.16. The summed E-state index contributed by atoms with van der Waals surface area (Å²) in [4.78, 5) is -0.644. The Bertz CT molecular complexity index is 776. The summed E-state index contributed by atoms with van der Waals surface area (Å²) in [5.41, 5.74) is 0.597. The molecule has 2 rings (SSSR count). The second-order valence-electron chi connectivity index (χ2n) is 4.51. The summed E-state index contributed by atoms with van der Waals surface area (Å²) in [6.07, 6.45) is 0. The molecule has 0 aliphatic carbocycles. The van der Waals surface area contributed by atoms with Crippen molar-refractivity contribution in [1.82, 2.24) is 0 Å². The molecule has 0 amide bonds. The second kappa shape index (κ2) is 5.79. The molecule has 4 nitrogen and oxygen atoms in total. The van der Waals surface area contributed by atoms with Crippen molar-refractivity contribution in [3.05, 3.63) is 59.2 Å². The minimum absolute atomic E-state index is 0.237. The number of halogens is 2. The van der Waals surface area contributed by atoms with E-state index in [0.717, 1.165) is 12.1 Å². The van der Waals surface area contributed by atoms with Gasteiger partial charge in [0.1, 0.15) is 16.5 Å². The first kappa shape index (κ1) is 15.4. The summed E-state index contributed by atoms with van der Waals surface area (Å²) in [5, 5.41) is 8.99. The van der Waals surface area contributed by atoms with E-state index >= 15 is 0 Å². The number of benzene rings is 2. The van der Waals surface area contributed by atoms with Crippen LogP contribution in [0.5, 0.6) is 0 Å². The highest BCUT2D eigenvalue weighted by Gasteiger charge is 2.21. The van der Waals surface area contributed by atoms with E-state index in [2.05, 4.69) is 0 Å². The summed E-state index contributed by atoms with van der Waals surface area (Å²) in [6.45, 7) is 1.23. The van der Waals surface area contributed by atoms with Crippen LogP contribution in [0.1, 0.15) is 11.1 Å². The van der Waals surface area contributed by atoms with Gasteiger partial charge in [-0.1, -0.05) is 12.1 Å². The third kappa shape index (κ3) is 3.37. The Morgan fingerprint density at radius 3 is 2.43 bits per heavy atom. The first-order chi connectivity index (χ1) is 9.83. The predicted molar refractivity (Wildman–Crippen MR) is 74.3 cm³/mol. The molecule has 2 aromatic carbocycles. The molecule has 0 aliphatic heterocycles. The number of rotatable bonds is 4. The molecule has 2 aromatic rings. The second-order valence-corrected chi connectivity index (χ2v) is 6.16. The number of aliphatic hydroxyl groups is 1. The van der Waals surface area contributed by atoms with E-state index < -0.39 is 33.2 Å². The van der Waals surface area contributed by atoms with Crippen LogP contribution in [0.4, 0.5) is 14.5 Å². The van der Waals surface area contributed by atoms with E-state index in [9.17, 15) is 17.2 Å². The van der Waals surface area contributed by atoms with Crippen molar-refractivity contribution < 1.29 is 22.3 Å². The first-order valence-corrected chi connectivity index (χ1v) is 7.50. The molecule has 21 heavy (non-hydrogen) atoms. The molecule has 0 bridgehead atoms. The van der Waals surface area contributed by atoms with Crippen LogP contribution < -0.4 is 4.72 Å². The van der Waals surface area contributed by atoms with E-state index in [0.29, 0.717) is 5.56 Å². The molecule has 112 valence electrons. The van der Waals surface area contributed by atoms with E-state index in [4.69, 9.17) is 5.11 Å². The van der Waals surface area contributed by atoms with Gasteiger partial charge in [0, 0.05) is 0 Å². The average Bonchev–Trinajstić information content (AvgIpc) is 2.42. The highest BCUT2D eigenvalue weighted by Crippen LogP contribution is 2.22. The fraction of sp³-hybridized carbons (Fsp3) is 0.143. The zero-order valence-electron chi connectivity index (χ0n) is 11.1. The Morgan fingerprint density at radius 1 is 1.10 bits per heavy atom. The maximum Gasteiger partial charge on any atom is 0.264 e. The lowest BCUT2D eigenvalue weighted by molar-refractivity contribution is 0.281. The average molecular weight is 313 g/mol. The maximum atomic E-state index is 13.7. The van der Waals surface area contributed by atoms with E-state index in [1.165, 1.54) is 24.3 Å². The van der Waals surface area contributed by atoms with Crippen molar-refractivity contribution in [3.63, 3.8) is 0 Å². The summed E-state index contributed by atoms with van der Waals surface area (Å²) in [7, 11) is -4.29. The SMILES string of the molecule is Cc1ccc(NS(=O)(=O)c2cc(CO)ccc2F)c(F)c1. The number of aryl methyl sites for hydroxylation is 1. The quantitative estimate of drug-likeness (QED) is 0.911. The molecule has 0 spiro atoms. The monoisotopic (exact) mass is 313 g/mol. The van der Waals surface area contributed by atoms with Crippen molar-refractivity contribution >= 4 is 15.7 Å². The van der Waals surface area contributed by atoms with Crippen molar-refractivity contribution in [2.45, 2.75) is 18.4 Å². The number of hydrogen-bond donors (Lipinski definition) is 2. The molecule has 0 aromatic heterocycles. The molecule has 0 fully saturated rings. The Labute approximate surface area is 121 Å². The molecular weight excluding hydrogens is 300 g/mol. The molecule has 2 N–H and O–H groups in total. The maximum absolute atomic E-state index is 13.7. The lowest BCUT2D eigenvalue weighted by Crippen LogP contribution is -2.16. The minimum atomic E-state index is -4.29. The van der Waals surface area contributed by atoms with Gasteiger partial charge in [-0.2, -0.15) is 0 Å². The van der Waals surface area contributed by atoms with Gasteiger partial charge in [-0.05, 0) is 42.3 Å². The minimum Gasteiger partial charge on any atom is -0.392 e. The van der Waals surface area contributed by atoms with Gasteiger partial charge in [-0.15, -0.1) is 0 Å². The Hall–Kier alpha value is -1.99. The Morgan fingerprint density at radius 2 is 1.81 bits per heavy atom. The molecular formula is C14H13F2NO3S. The molecule has 0 atom stereocenters. The van der Waals surface area contributed by atoms with Crippen LogP contribution in [0.25, 0.3) is 0 Å². The van der Waals surface area contributed by atoms with Gasteiger partial charge in [-0.3, -0.25) is 4.72 Å². The Kier molecular flexibility index (Phi) is 4.24. The number of hydrogen-bond acceptors (Lipinski definition) is 3. The van der Waals surface area contributed by atoms with Crippen LogP contribution in [0.3, 0.4) is 0 Å². The third-order valence-corrected chi connectivity index (χ3v) is 4.22. The highest BCUT2D eigenvalue weighted by molar-refractivity contribution is 7.92. The molecule has 7 heteroatoms. The third-order valence-electron chi connectivity index (χ3n) is 2.84. The van der Waals surface area contributed by atoms with Crippen molar-refractivity contribution in [3.8, 4) is 0 Å². The number of anilines is 1. The number of sulfonamides is 1. The lowest BCUT2D eigenvalue weighted by Gasteiger charge is -2.11. The Balaban J connectivity index is 2.43. The fourth-order valence-corrected chi connectivity index (χ4v) is 2.95. The number of aliphatic hydroxyl groups excluding tert-OH is 1. The first-order valence-electron chi connectivity index (χ1n) is 6.02. The fourth-order valence-electron chi connectivity index (χ4n) is 1.75. The van der Waals surface area contributed by atoms with E-state index in [1.54, 1.807) is 6.92 Å².